The van der Waals surface area contributed by atoms with Gasteiger partial charge in [0, 0.05) is 56.9 Å². The van der Waals surface area contributed by atoms with Crippen molar-refractivity contribution in [3.05, 3.63) is 77.9 Å². The number of ether oxygens (including phenoxy) is 3. The SMILES string of the molecule is O=C(O)C(=O)Oc1ccc2c(c1)N(Cc1ccccc1)CC2CCN1CCN(c2cccc3c2OCCO3)CC1. The number of anilines is 2. The summed E-state index contributed by atoms with van der Waals surface area (Å²) < 4.78 is 16.8. The zero-order valence-electron chi connectivity index (χ0n) is 22.3. The molecule has 3 heterocycles. The van der Waals surface area contributed by atoms with Gasteiger partial charge in [0.05, 0.1) is 5.69 Å². The highest BCUT2D eigenvalue weighted by Gasteiger charge is 2.31. The van der Waals surface area contributed by atoms with Gasteiger partial charge in [0.25, 0.3) is 0 Å². The van der Waals surface area contributed by atoms with E-state index in [-0.39, 0.29) is 5.75 Å². The fraction of sp³-hybridized carbons (Fsp3) is 0.355. The maximum absolute atomic E-state index is 11.7. The molecule has 3 aliphatic heterocycles. The van der Waals surface area contributed by atoms with Gasteiger partial charge in [-0.2, -0.15) is 0 Å². The number of nitrogens with zero attached hydrogens (tertiary/aromatic N) is 3. The van der Waals surface area contributed by atoms with Crippen LogP contribution in [0.2, 0.25) is 0 Å². The molecule has 1 unspecified atom stereocenters. The van der Waals surface area contributed by atoms with Crippen molar-refractivity contribution in [1.82, 2.24) is 4.90 Å². The topological polar surface area (TPSA) is 91.8 Å². The summed E-state index contributed by atoms with van der Waals surface area (Å²) in [6.45, 7) is 7.55. The molecule has 1 fully saturated rings. The van der Waals surface area contributed by atoms with Crippen LogP contribution in [-0.2, 0) is 16.1 Å². The summed E-state index contributed by atoms with van der Waals surface area (Å²) in [6, 6.07) is 21.8. The van der Waals surface area contributed by atoms with Crippen molar-refractivity contribution in [2.24, 2.45) is 0 Å². The van der Waals surface area contributed by atoms with E-state index >= 15 is 0 Å². The fourth-order valence-electron chi connectivity index (χ4n) is 5.88. The third-order valence-corrected chi connectivity index (χ3v) is 7.88. The van der Waals surface area contributed by atoms with Gasteiger partial charge in [0.2, 0.25) is 0 Å². The average molecular weight is 544 g/mol. The Labute approximate surface area is 233 Å². The van der Waals surface area contributed by atoms with Crippen LogP contribution < -0.4 is 24.0 Å². The Bertz CT molecular complexity index is 1370. The molecule has 0 aromatic heterocycles. The fourth-order valence-corrected chi connectivity index (χ4v) is 5.88. The Morgan fingerprint density at radius 2 is 1.70 bits per heavy atom. The molecule has 0 spiro atoms. The number of rotatable bonds is 7. The molecule has 0 saturated carbocycles. The molecule has 0 aliphatic carbocycles. The van der Waals surface area contributed by atoms with E-state index in [0.717, 1.165) is 75.1 Å². The second-order valence-corrected chi connectivity index (χ2v) is 10.4. The molecule has 0 bridgehead atoms. The minimum absolute atomic E-state index is 0.249. The Kier molecular flexibility index (Phi) is 7.46. The first-order valence-electron chi connectivity index (χ1n) is 13.8. The highest BCUT2D eigenvalue weighted by atomic mass is 16.6. The van der Waals surface area contributed by atoms with Gasteiger partial charge in [-0.15, -0.1) is 0 Å². The van der Waals surface area contributed by atoms with E-state index < -0.39 is 11.9 Å². The largest absolute Gasteiger partial charge is 0.486 e. The van der Waals surface area contributed by atoms with Crippen molar-refractivity contribution in [1.29, 1.82) is 0 Å². The average Bonchev–Trinajstić information content (AvgIpc) is 3.32. The summed E-state index contributed by atoms with van der Waals surface area (Å²) in [6.07, 6.45) is 1.00. The number of benzene rings is 3. The van der Waals surface area contributed by atoms with Gasteiger partial charge in [0.1, 0.15) is 19.0 Å². The summed E-state index contributed by atoms with van der Waals surface area (Å²) in [5.74, 6) is -0.624. The number of carbonyl (C=O) groups is 2. The lowest BCUT2D eigenvalue weighted by Crippen LogP contribution is -2.47. The first-order chi connectivity index (χ1) is 19.5. The molecule has 40 heavy (non-hydrogen) atoms. The first kappa shape index (κ1) is 26.0. The summed E-state index contributed by atoms with van der Waals surface area (Å²) in [4.78, 5) is 29.8. The van der Waals surface area contributed by atoms with Crippen LogP contribution in [0.15, 0.2) is 66.7 Å². The normalized spacial score (nSPS) is 18.4. The number of hydrogen-bond acceptors (Lipinski definition) is 8. The quantitative estimate of drug-likeness (QED) is 0.272. The molecule has 9 heteroatoms. The molecule has 1 saturated heterocycles. The molecule has 208 valence electrons. The zero-order valence-corrected chi connectivity index (χ0v) is 22.3. The summed E-state index contributed by atoms with van der Waals surface area (Å²) >= 11 is 0. The number of carboxylic acid groups (broad SMARTS) is 1. The van der Waals surface area contributed by atoms with Crippen LogP contribution in [-0.4, -0.2) is 74.4 Å². The van der Waals surface area contributed by atoms with Crippen molar-refractivity contribution >= 4 is 23.3 Å². The van der Waals surface area contributed by atoms with Crippen LogP contribution in [0.4, 0.5) is 11.4 Å². The number of esters is 1. The van der Waals surface area contributed by atoms with Crippen molar-refractivity contribution in [3.8, 4) is 17.2 Å². The third-order valence-electron chi connectivity index (χ3n) is 7.88. The maximum Gasteiger partial charge on any atom is 0.422 e. The van der Waals surface area contributed by atoms with Gasteiger partial charge < -0.3 is 29.1 Å². The number of fused-ring (bicyclic) bond motifs is 2. The van der Waals surface area contributed by atoms with Gasteiger partial charge in [-0.05, 0) is 42.3 Å². The van der Waals surface area contributed by atoms with Gasteiger partial charge >= 0.3 is 11.9 Å². The number of aliphatic carboxylic acids is 1. The number of carbonyl (C=O) groups excluding carboxylic acids is 1. The maximum atomic E-state index is 11.7. The second kappa shape index (κ2) is 11.5. The van der Waals surface area contributed by atoms with Gasteiger partial charge in [-0.1, -0.05) is 42.5 Å². The molecule has 1 atom stereocenters. The number of carboxylic acids is 1. The van der Waals surface area contributed by atoms with E-state index in [4.69, 9.17) is 19.3 Å². The molecule has 0 amide bonds. The van der Waals surface area contributed by atoms with E-state index in [1.54, 1.807) is 12.1 Å². The van der Waals surface area contributed by atoms with Gasteiger partial charge in [-0.3, -0.25) is 4.90 Å². The number of hydrogen-bond donors (Lipinski definition) is 1. The van der Waals surface area contributed by atoms with Crippen LogP contribution >= 0.6 is 0 Å². The molecule has 9 nitrogen and oxygen atoms in total. The number of para-hydroxylation sites is 1. The highest BCUT2D eigenvalue weighted by Crippen LogP contribution is 2.42. The van der Waals surface area contributed by atoms with Crippen LogP contribution in [0.5, 0.6) is 17.2 Å². The predicted octanol–water partition coefficient (Wildman–Crippen LogP) is 3.76. The van der Waals surface area contributed by atoms with E-state index in [2.05, 4.69) is 32.9 Å². The highest BCUT2D eigenvalue weighted by molar-refractivity contribution is 6.29. The van der Waals surface area contributed by atoms with E-state index in [9.17, 15) is 9.59 Å². The molecule has 1 N–H and O–H groups in total. The Morgan fingerprint density at radius 1 is 0.900 bits per heavy atom. The summed E-state index contributed by atoms with van der Waals surface area (Å²) in [5.41, 5.74) is 4.50. The molecular formula is C31H33N3O6. The van der Waals surface area contributed by atoms with Crippen LogP contribution in [0.1, 0.15) is 23.5 Å². The van der Waals surface area contributed by atoms with Crippen LogP contribution in [0, 0.1) is 0 Å². The van der Waals surface area contributed by atoms with E-state index in [1.807, 2.05) is 36.4 Å². The lowest BCUT2D eigenvalue weighted by Gasteiger charge is -2.37. The molecule has 0 radical (unpaired) electrons. The minimum Gasteiger partial charge on any atom is -0.486 e. The first-order valence-corrected chi connectivity index (χ1v) is 13.8. The third kappa shape index (κ3) is 5.56. The summed E-state index contributed by atoms with van der Waals surface area (Å²) in [5, 5.41) is 8.95. The smallest absolute Gasteiger partial charge is 0.422 e. The molecule has 3 aliphatic rings. The molecule has 3 aromatic rings. The molecular weight excluding hydrogens is 510 g/mol. The monoisotopic (exact) mass is 543 g/mol. The Balaban J connectivity index is 1.11. The van der Waals surface area contributed by atoms with Crippen LogP contribution in [0.3, 0.4) is 0 Å². The molecule has 6 rings (SSSR count). The van der Waals surface area contributed by atoms with Crippen molar-refractivity contribution in [3.63, 3.8) is 0 Å². The zero-order chi connectivity index (χ0) is 27.5. The van der Waals surface area contributed by atoms with E-state index in [0.29, 0.717) is 19.1 Å². The predicted molar refractivity (Wildman–Crippen MR) is 151 cm³/mol. The molecule has 3 aromatic carbocycles. The summed E-state index contributed by atoms with van der Waals surface area (Å²) in [7, 11) is 0. The van der Waals surface area contributed by atoms with Gasteiger partial charge in [-0.25, -0.2) is 9.59 Å². The minimum atomic E-state index is -1.60. The van der Waals surface area contributed by atoms with Gasteiger partial charge in [0.15, 0.2) is 11.5 Å². The van der Waals surface area contributed by atoms with Crippen molar-refractivity contribution < 1.29 is 28.9 Å². The second-order valence-electron chi connectivity index (χ2n) is 10.4. The van der Waals surface area contributed by atoms with Crippen molar-refractivity contribution in [2.45, 2.75) is 18.9 Å². The van der Waals surface area contributed by atoms with Crippen molar-refractivity contribution in [2.75, 3.05) is 62.3 Å². The lowest BCUT2D eigenvalue weighted by molar-refractivity contribution is -0.158. The van der Waals surface area contributed by atoms with E-state index in [1.165, 1.54) is 11.1 Å². The standard InChI is InChI=1S/C31H33N3O6/c35-30(36)31(37)40-24-9-10-25-23(21-34(27(25)19-24)20-22-5-2-1-3-6-22)11-12-32-13-15-33(16-14-32)26-7-4-8-28-29(26)39-18-17-38-28/h1-10,19,23H,11-18,20-21H2,(H,35,36). The Hall–Kier alpha value is -4.24. The lowest BCUT2D eigenvalue weighted by atomic mass is 9.97. The van der Waals surface area contributed by atoms with Crippen LogP contribution in [0.25, 0.3) is 0 Å². The Morgan fingerprint density at radius 3 is 2.50 bits per heavy atom. The number of piperazine rings is 1.